The van der Waals surface area contributed by atoms with E-state index in [4.69, 9.17) is 5.11 Å². The predicted molar refractivity (Wildman–Crippen MR) is 47.8 cm³/mol. The molecule has 0 fully saturated rings. The number of hydrogen-bond donors (Lipinski definition) is 1. The van der Waals surface area contributed by atoms with Crippen LogP contribution in [0.4, 0.5) is 8.78 Å². The first-order chi connectivity index (χ1) is 6.52. The van der Waals surface area contributed by atoms with E-state index in [0.29, 0.717) is 5.56 Å². The summed E-state index contributed by atoms with van der Waals surface area (Å²) < 4.78 is 25.8. The Bertz CT molecular complexity index is 397. The van der Waals surface area contributed by atoms with Gasteiger partial charge < -0.3 is 5.11 Å². The second kappa shape index (κ2) is 4.00. The molecule has 0 amide bonds. The highest BCUT2D eigenvalue weighted by molar-refractivity contribution is 5.85. The van der Waals surface area contributed by atoms with Crippen molar-refractivity contribution in [2.75, 3.05) is 0 Å². The van der Waals surface area contributed by atoms with Crippen LogP contribution in [-0.4, -0.2) is 11.1 Å². The van der Waals surface area contributed by atoms with Crippen LogP contribution >= 0.6 is 0 Å². The van der Waals surface area contributed by atoms with Crippen LogP contribution < -0.4 is 0 Å². The average molecular weight is 198 g/mol. The van der Waals surface area contributed by atoms with E-state index in [0.717, 1.165) is 18.2 Å². The SMILES string of the molecule is Cc1ccc(F)c(F)c1C=CC(=O)O. The third-order valence-corrected chi connectivity index (χ3v) is 1.74. The lowest BCUT2D eigenvalue weighted by Gasteiger charge is -2.02. The average Bonchev–Trinajstić information content (AvgIpc) is 2.11. The number of hydrogen-bond acceptors (Lipinski definition) is 1. The Morgan fingerprint density at radius 3 is 2.64 bits per heavy atom. The van der Waals surface area contributed by atoms with E-state index < -0.39 is 17.6 Å². The highest BCUT2D eigenvalue weighted by atomic mass is 19.2. The van der Waals surface area contributed by atoms with E-state index in [2.05, 4.69) is 0 Å². The lowest BCUT2D eigenvalue weighted by Crippen LogP contribution is -1.93. The molecule has 14 heavy (non-hydrogen) atoms. The van der Waals surface area contributed by atoms with E-state index in [-0.39, 0.29) is 5.56 Å². The van der Waals surface area contributed by atoms with Crippen LogP contribution in [0.25, 0.3) is 6.08 Å². The van der Waals surface area contributed by atoms with Gasteiger partial charge in [-0.2, -0.15) is 0 Å². The van der Waals surface area contributed by atoms with Gasteiger partial charge in [-0.05, 0) is 24.6 Å². The summed E-state index contributed by atoms with van der Waals surface area (Å²) in [5.74, 6) is -3.21. The summed E-state index contributed by atoms with van der Waals surface area (Å²) in [6.45, 7) is 1.57. The number of carboxylic acid groups (broad SMARTS) is 1. The van der Waals surface area contributed by atoms with Crippen molar-refractivity contribution < 1.29 is 18.7 Å². The Hall–Kier alpha value is -1.71. The number of aliphatic carboxylic acids is 1. The topological polar surface area (TPSA) is 37.3 Å². The molecule has 0 bridgehead atoms. The Balaban J connectivity index is 3.19. The molecular weight excluding hydrogens is 190 g/mol. The van der Waals surface area contributed by atoms with Crippen molar-refractivity contribution in [3.8, 4) is 0 Å². The lowest BCUT2D eigenvalue weighted by atomic mass is 10.1. The van der Waals surface area contributed by atoms with Crippen molar-refractivity contribution in [2.45, 2.75) is 6.92 Å². The molecule has 0 aliphatic heterocycles. The predicted octanol–water partition coefficient (Wildman–Crippen LogP) is 2.37. The zero-order valence-electron chi connectivity index (χ0n) is 7.42. The largest absolute Gasteiger partial charge is 0.478 e. The molecule has 74 valence electrons. The second-order valence-electron chi connectivity index (χ2n) is 2.76. The molecule has 0 aromatic heterocycles. The van der Waals surface area contributed by atoms with Gasteiger partial charge in [-0.15, -0.1) is 0 Å². The molecule has 0 saturated carbocycles. The minimum Gasteiger partial charge on any atom is -0.478 e. The Kier molecular flexibility index (Phi) is 2.96. The summed E-state index contributed by atoms with van der Waals surface area (Å²) in [5, 5.41) is 8.32. The maximum atomic E-state index is 13.1. The van der Waals surface area contributed by atoms with Gasteiger partial charge >= 0.3 is 5.97 Å². The van der Waals surface area contributed by atoms with Gasteiger partial charge in [-0.25, -0.2) is 13.6 Å². The van der Waals surface area contributed by atoms with Crippen molar-refractivity contribution in [3.05, 3.63) is 41.0 Å². The summed E-state index contributed by atoms with van der Waals surface area (Å²) in [5.41, 5.74) is 0.453. The van der Waals surface area contributed by atoms with Gasteiger partial charge in [-0.3, -0.25) is 0 Å². The van der Waals surface area contributed by atoms with Crippen molar-refractivity contribution in [1.29, 1.82) is 0 Å². The minimum absolute atomic E-state index is 0.0348. The van der Waals surface area contributed by atoms with Crippen LogP contribution in [0.1, 0.15) is 11.1 Å². The van der Waals surface area contributed by atoms with E-state index >= 15 is 0 Å². The van der Waals surface area contributed by atoms with Gasteiger partial charge in [0.05, 0.1) is 0 Å². The molecule has 0 radical (unpaired) electrons. The molecule has 2 nitrogen and oxygen atoms in total. The monoisotopic (exact) mass is 198 g/mol. The standard InChI is InChI=1S/C10H8F2O2/c1-6-2-4-8(11)10(12)7(6)3-5-9(13)14/h2-5H,1H3,(H,13,14). The fraction of sp³-hybridized carbons (Fsp3) is 0.100. The van der Waals surface area contributed by atoms with Gasteiger partial charge in [0, 0.05) is 11.6 Å². The number of carboxylic acids is 1. The number of aryl methyl sites for hydroxylation is 1. The molecule has 0 spiro atoms. The van der Waals surface area contributed by atoms with Gasteiger partial charge in [-0.1, -0.05) is 6.07 Å². The van der Waals surface area contributed by atoms with Crippen LogP contribution in [0.15, 0.2) is 18.2 Å². The van der Waals surface area contributed by atoms with Crippen LogP contribution in [0.5, 0.6) is 0 Å². The Morgan fingerprint density at radius 1 is 1.43 bits per heavy atom. The molecule has 1 N–H and O–H groups in total. The fourth-order valence-electron chi connectivity index (χ4n) is 1.02. The van der Waals surface area contributed by atoms with Crippen molar-refractivity contribution in [1.82, 2.24) is 0 Å². The number of rotatable bonds is 2. The summed E-state index contributed by atoms with van der Waals surface area (Å²) in [7, 11) is 0. The third-order valence-electron chi connectivity index (χ3n) is 1.74. The molecular formula is C10H8F2O2. The second-order valence-corrected chi connectivity index (χ2v) is 2.76. The first-order valence-electron chi connectivity index (χ1n) is 3.88. The minimum atomic E-state index is -1.20. The summed E-state index contributed by atoms with van der Waals surface area (Å²) in [4.78, 5) is 10.2. The highest BCUT2D eigenvalue weighted by Crippen LogP contribution is 2.17. The molecule has 0 aliphatic carbocycles. The van der Waals surface area contributed by atoms with Crippen LogP contribution in [0.3, 0.4) is 0 Å². The zero-order chi connectivity index (χ0) is 10.7. The Morgan fingerprint density at radius 2 is 2.07 bits per heavy atom. The maximum Gasteiger partial charge on any atom is 0.328 e. The quantitative estimate of drug-likeness (QED) is 0.740. The molecule has 0 saturated heterocycles. The van der Waals surface area contributed by atoms with Crippen LogP contribution in [0.2, 0.25) is 0 Å². The molecule has 4 heteroatoms. The van der Waals surface area contributed by atoms with Gasteiger partial charge in [0.1, 0.15) is 0 Å². The van der Waals surface area contributed by atoms with Crippen molar-refractivity contribution in [2.24, 2.45) is 0 Å². The molecule has 1 aromatic carbocycles. The van der Waals surface area contributed by atoms with Gasteiger partial charge in [0.15, 0.2) is 11.6 Å². The van der Waals surface area contributed by atoms with Gasteiger partial charge in [0.25, 0.3) is 0 Å². The van der Waals surface area contributed by atoms with Crippen molar-refractivity contribution >= 4 is 12.0 Å². The smallest absolute Gasteiger partial charge is 0.328 e. The number of carbonyl (C=O) groups is 1. The molecule has 0 heterocycles. The summed E-state index contributed by atoms with van der Waals surface area (Å²) >= 11 is 0. The van der Waals surface area contributed by atoms with E-state index in [1.807, 2.05) is 0 Å². The zero-order valence-corrected chi connectivity index (χ0v) is 7.42. The fourth-order valence-corrected chi connectivity index (χ4v) is 1.02. The molecule has 0 atom stereocenters. The maximum absolute atomic E-state index is 13.1. The first kappa shape index (κ1) is 10.4. The molecule has 0 aliphatic rings. The highest BCUT2D eigenvalue weighted by Gasteiger charge is 2.08. The van der Waals surface area contributed by atoms with Crippen LogP contribution in [0, 0.1) is 18.6 Å². The molecule has 1 aromatic rings. The number of halogens is 2. The third kappa shape index (κ3) is 2.16. The summed E-state index contributed by atoms with van der Waals surface area (Å²) in [6.07, 6.45) is 1.81. The van der Waals surface area contributed by atoms with Crippen LogP contribution in [-0.2, 0) is 4.79 Å². The number of benzene rings is 1. The summed E-state index contributed by atoms with van der Waals surface area (Å²) in [6, 6.07) is 2.39. The Labute approximate surface area is 79.5 Å². The lowest BCUT2D eigenvalue weighted by molar-refractivity contribution is -0.131. The molecule has 0 unspecified atom stereocenters. The van der Waals surface area contributed by atoms with E-state index in [9.17, 15) is 13.6 Å². The van der Waals surface area contributed by atoms with Crippen molar-refractivity contribution in [3.63, 3.8) is 0 Å². The normalized spacial score (nSPS) is 10.8. The first-order valence-corrected chi connectivity index (χ1v) is 3.88. The van der Waals surface area contributed by atoms with E-state index in [1.165, 1.54) is 6.07 Å². The van der Waals surface area contributed by atoms with E-state index in [1.54, 1.807) is 6.92 Å². The van der Waals surface area contributed by atoms with Gasteiger partial charge in [0.2, 0.25) is 0 Å². The molecule has 1 rings (SSSR count).